The van der Waals surface area contributed by atoms with Crippen molar-refractivity contribution in [3.05, 3.63) is 39.9 Å². The molecule has 1 fully saturated rings. The maximum absolute atomic E-state index is 13.4. The van der Waals surface area contributed by atoms with Crippen LogP contribution in [0.25, 0.3) is 0 Å². The van der Waals surface area contributed by atoms with Gasteiger partial charge in [0, 0.05) is 18.7 Å². The molecule has 1 amide bonds. The van der Waals surface area contributed by atoms with Gasteiger partial charge in [-0.2, -0.15) is 13.2 Å². The summed E-state index contributed by atoms with van der Waals surface area (Å²) < 4.78 is 40.1. The fourth-order valence-electron chi connectivity index (χ4n) is 2.79. The third-order valence-corrected chi connectivity index (χ3v) is 4.27. The van der Waals surface area contributed by atoms with Gasteiger partial charge in [-0.3, -0.25) is 20.3 Å². The number of amides is 1. The standard InChI is InChI=1S/C16H20F3N3O3/c1-15(2)10-21(20-14(15)23)13(16(17,18)19)5-3-4-11-6-8-12(9-7-11)22(24)25/h6-9,13H,3-5,10H2,1-2H3,(H,20,23). The number of hydrazine groups is 1. The Morgan fingerprint density at radius 3 is 2.36 bits per heavy atom. The molecule has 6 nitrogen and oxygen atoms in total. The minimum Gasteiger partial charge on any atom is -0.288 e. The van der Waals surface area contributed by atoms with Crippen LogP contribution in [0, 0.1) is 15.5 Å². The smallest absolute Gasteiger partial charge is 0.288 e. The topological polar surface area (TPSA) is 75.5 Å². The van der Waals surface area contributed by atoms with E-state index in [4.69, 9.17) is 0 Å². The fourth-order valence-corrected chi connectivity index (χ4v) is 2.79. The van der Waals surface area contributed by atoms with E-state index in [1.165, 1.54) is 12.1 Å². The van der Waals surface area contributed by atoms with Gasteiger partial charge in [-0.25, -0.2) is 5.01 Å². The summed E-state index contributed by atoms with van der Waals surface area (Å²) >= 11 is 0. The van der Waals surface area contributed by atoms with Crippen molar-refractivity contribution in [2.75, 3.05) is 6.54 Å². The normalized spacial score (nSPS) is 18.8. The molecule has 9 heteroatoms. The van der Waals surface area contributed by atoms with E-state index in [0.29, 0.717) is 6.42 Å². The second-order valence-electron chi connectivity index (χ2n) is 6.83. The van der Waals surface area contributed by atoms with Crippen LogP contribution in [0.5, 0.6) is 0 Å². The first-order valence-corrected chi connectivity index (χ1v) is 7.88. The number of aryl methyl sites for hydroxylation is 1. The highest BCUT2D eigenvalue weighted by atomic mass is 19.4. The SMILES string of the molecule is CC1(C)CN(C(CCCc2ccc([N+](=O)[O-])cc2)C(F)(F)F)NC1=O. The van der Waals surface area contributed by atoms with E-state index in [-0.39, 0.29) is 25.1 Å². The zero-order valence-corrected chi connectivity index (χ0v) is 14.0. The lowest BCUT2D eigenvalue weighted by Crippen LogP contribution is -2.50. The molecule has 1 unspecified atom stereocenters. The molecule has 0 bridgehead atoms. The van der Waals surface area contributed by atoms with Crippen molar-refractivity contribution in [2.45, 2.75) is 45.3 Å². The molecule has 1 heterocycles. The quantitative estimate of drug-likeness (QED) is 0.625. The first-order valence-electron chi connectivity index (χ1n) is 7.88. The van der Waals surface area contributed by atoms with Crippen LogP contribution in [0.2, 0.25) is 0 Å². The van der Waals surface area contributed by atoms with Crippen molar-refractivity contribution in [2.24, 2.45) is 5.41 Å². The minimum absolute atomic E-state index is 0.00641. The summed E-state index contributed by atoms with van der Waals surface area (Å²) in [5.41, 5.74) is 2.14. The minimum atomic E-state index is -4.46. The Balaban J connectivity index is 1.97. The molecule has 25 heavy (non-hydrogen) atoms. The number of nitro groups is 1. The summed E-state index contributed by atoms with van der Waals surface area (Å²) in [5.74, 6) is -0.419. The van der Waals surface area contributed by atoms with Gasteiger partial charge in [0.15, 0.2) is 0 Å². The molecule has 1 saturated heterocycles. The molecule has 0 radical (unpaired) electrons. The predicted octanol–water partition coefficient (Wildman–Crippen LogP) is 3.22. The Labute approximate surface area is 143 Å². The zero-order chi connectivity index (χ0) is 18.8. The molecule has 1 N–H and O–H groups in total. The summed E-state index contributed by atoms with van der Waals surface area (Å²) in [6.07, 6.45) is -4.01. The lowest BCUT2D eigenvalue weighted by Gasteiger charge is -2.29. The lowest BCUT2D eigenvalue weighted by atomic mass is 9.94. The highest BCUT2D eigenvalue weighted by Crippen LogP contribution is 2.33. The third kappa shape index (κ3) is 4.68. The molecule has 0 spiro atoms. The van der Waals surface area contributed by atoms with Crippen molar-refractivity contribution in [1.82, 2.24) is 10.4 Å². The largest absolute Gasteiger partial charge is 0.405 e. The number of hydrogen-bond acceptors (Lipinski definition) is 4. The van der Waals surface area contributed by atoms with E-state index in [1.807, 2.05) is 0 Å². The first-order chi connectivity index (χ1) is 11.5. The summed E-state index contributed by atoms with van der Waals surface area (Å²) in [7, 11) is 0. The van der Waals surface area contributed by atoms with Crippen molar-refractivity contribution in [3.63, 3.8) is 0 Å². The number of carbonyl (C=O) groups is 1. The fraction of sp³-hybridized carbons (Fsp3) is 0.562. The number of nitro benzene ring substituents is 1. The maximum atomic E-state index is 13.4. The first kappa shape index (κ1) is 19.2. The molecule has 2 rings (SSSR count). The highest BCUT2D eigenvalue weighted by molar-refractivity contribution is 5.83. The molecule has 1 aliphatic heterocycles. The molecule has 138 valence electrons. The summed E-state index contributed by atoms with van der Waals surface area (Å²) in [4.78, 5) is 21.8. The average Bonchev–Trinajstić information content (AvgIpc) is 2.76. The van der Waals surface area contributed by atoms with Crippen LogP contribution in [0.3, 0.4) is 0 Å². The van der Waals surface area contributed by atoms with Crippen LogP contribution in [0.15, 0.2) is 24.3 Å². The summed E-state index contributed by atoms with van der Waals surface area (Å²) in [6, 6.07) is 4.00. The Kier molecular flexibility index (Phi) is 5.36. The highest BCUT2D eigenvalue weighted by Gasteiger charge is 2.49. The van der Waals surface area contributed by atoms with E-state index in [1.54, 1.807) is 26.0 Å². The Morgan fingerprint density at radius 1 is 1.32 bits per heavy atom. The van der Waals surface area contributed by atoms with E-state index >= 15 is 0 Å². The predicted molar refractivity (Wildman–Crippen MR) is 84.5 cm³/mol. The van der Waals surface area contributed by atoms with E-state index in [2.05, 4.69) is 5.43 Å². The number of nitrogens with one attached hydrogen (secondary N) is 1. The second-order valence-corrected chi connectivity index (χ2v) is 6.83. The zero-order valence-electron chi connectivity index (χ0n) is 14.0. The molecular weight excluding hydrogens is 339 g/mol. The summed E-state index contributed by atoms with van der Waals surface area (Å²) in [6.45, 7) is 3.20. The monoisotopic (exact) mass is 359 g/mol. The van der Waals surface area contributed by atoms with Crippen LogP contribution < -0.4 is 5.43 Å². The van der Waals surface area contributed by atoms with Gasteiger partial charge in [-0.15, -0.1) is 0 Å². The van der Waals surface area contributed by atoms with Gasteiger partial charge < -0.3 is 0 Å². The van der Waals surface area contributed by atoms with Crippen molar-refractivity contribution < 1.29 is 22.9 Å². The Morgan fingerprint density at radius 2 is 1.92 bits per heavy atom. The third-order valence-electron chi connectivity index (χ3n) is 4.27. The molecule has 1 aromatic carbocycles. The number of carbonyl (C=O) groups excluding carboxylic acids is 1. The number of alkyl halides is 3. The Bertz CT molecular complexity index is 644. The lowest BCUT2D eigenvalue weighted by molar-refractivity contribution is -0.384. The number of rotatable bonds is 6. The molecular formula is C16H20F3N3O3. The van der Waals surface area contributed by atoms with Crippen LogP contribution in [-0.2, 0) is 11.2 Å². The van der Waals surface area contributed by atoms with Gasteiger partial charge in [-0.05, 0) is 38.7 Å². The van der Waals surface area contributed by atoms with Crippen LogP contribution in [-0.4, -0.2) is 34.6 Å². The number of nitrogens with zero attached hydrogens (tertiary/aromatic N) is 2. The van der Waals surface area contributed by atoms with Crippen LogP contribution >= 0.6 is 0 Å². The van der Waals surface area contributed by atoms with Gasteiger partial charge in [0.1, 0.15) is 6.04 Å². The Hall–Kier alpha value is -2.16. The van der Waals surface area contributed by atoms with E-state index in [9.17, 15) is 28.1 Å². The molecule has 1 aliphatic rings. The van der Waals surface area contributed by atoms with E-state index in [0.717, 1.165) is 10.6 Å². The van der Waals surface area contributed by atoms with Gasteiger partial charge >= 0.3 is 6.18 Å². The van der Waals surface area contributed by atoms with Gasteiger partial charge in [-0.1, -0.05) is 12.1 Å². The van der Waals surface area contributed by atoms with Gasteiger partial charge in [0.05, 0.1) is 10.3 Å². The molecule has 1 aromatic rings. The second kappa shape index (κ2) is 6.99. The van der Waals surface area contributed by atoms with Gasteiger partial charge in [0.2, 0.25) is 5.91 Å². The molecule has 0 saturated carbocycles. The number of non-ortho nitro benzene ring substituents is 1. The van der Waals surface area contributed by atoms with Gasteiger partial charge in [0.25, 0.3) is 5.69 Å². The molecule has 1 atom stereocenters. The molecule has 0 aromatic heterocycles. The number of halogens is 3. The number of hydrogen-bond donors (Lipinski definition) is 1. The average molecular weight is 359 g/mol. The van der Waals surface area contributed by atoms with Crippen molar-refractivity contribution in [1.29, 1.82) is 0 Å². The van der Waals surface area contributed by atoms with E-state index < -0.39 is 28.5 Å². The molecule has 0 aliphatic carbocycles. The number of benzene rings is 1. The van der Waals surface area contributed by atoms with Crippen LogP contribution in [0.1, 0.15) is 32.3 Å². The van der Waals surface area contributed by atoms with Crippen molar-refractivity contribution >= 4 is 11.6 Å². The maximum Gasteiger partial charge on any atom is 0.405 e. The van der Waals surface area contributed by atoms with Crippen LogP contribution in [0.4, 0.5) is 18.9 Å². The summed E-state index contributed by atoms with van der Waals surface area (Å²) in [5, 5.41) is 11.6. The van der Waals surface area contributed by atoms with Crippen molar-refractivity contribution in [3.8, 4) is 0 Å².